The molecule has 8 nitrogen and oxygen atoms in total. The third-order valence-electron chi connectivity index (χ3n) is 5.43. The summed E-state index contributed by atoms with van der Waals surface area (Å²) in [5.41, 5.74) is 1.88. The van der Waals surface area contributed by atoms with Crippen molar-refractivity contribution in [2.24, 2.45) is 0 Å². The third-order valence-corrected chi connectivity index (χ3v) is 5.43. The van der Waals surface area contributed by atoms with Gasteiger partial charge in [-0.05, 0) is 61.7 Å². The summed E-state index contributed by atoms with van der Waals surface area (Å²) < 4.78 is 21.3. The van der Waals surface area contributed by atoms with Crippen LogP contribution in [-0.2, 0) is 4.79 Å². The molecular formula is C24H23FN6O2. The highest BCUT2D eigenvalue weighted by Gasteiger charge is 2.23. The van der Waals surface area contributed by atoms with Crippen LogP contribution in [0, 0.1) is 5.82 Å². The van der Waals surface area contributed by atoms with Crippen molar-refractivity contribution in [1.29, 1.82) is 0 Å². The number of rotatable bonds is 8. The smallest absolute Gasteiger partial charge is 0.258 e. The van der Waals surface area contributed by atoms with E-state index in [0.717, 1.165) is 18.4 Å². The maximum Gasteiger partial charge on any atom is 0.258 e. The number of halogens is 1. The number of carbonyl (C=O) groups excluding carboxylic acids is 1. The Morgan fingerprint density at radius 2 is 1.91 bits per heavy atom. The van der Waals surface area contributed by atoms with Crippen molar-refractivity contribution in [1.82, 2.24) is 25.1 Å². The van der Waals surface area contributed by atoms with Crippen LogP contribution in [0.1, 0.15) is 31.4 Å². The number of anilines is 1. The molecule has 2 aromatic carbocycles. The highest BCUT2D eigenvalue weighted by atomic mass is 19.1. The maximum atomic E-state index is 14.2. The van der Waals surface area contributed by atoms with Gasteiger partial charge >= 0.3 is 0 Å². The van der Waals surface area contributed by atoms with Gasteiger partial charge in [0.05, 0.1) is 11.6 Å². The summed E-state index contributed by atoms with van der Waals surface area (Å²) in [7, 11) is 0. The highest BCUT2D eigenvalue weighted by Crippen LogP contribution is 2.24. The van der Waals surface area contributed by atoms with Crippen LogP contribution in [0.4, 0.5) is 10.2 Å². The molecule has 1 unspecified atom stereocenters. The number of nitrogens with zero attached hydrogens (tertiary/aromatic N) is 4. The van der Waals surface area contributed by atoms with Crippen molar-refractivity contribution >= 4 is 17.4 Å². The van der Waals surface area contributed by atoms with Crippen molar-refractivity contribution < 1.29 is 13.9 Å². The molecule has 2 aromatic heterocycles. The van der Waals surface area contributed by atoms with Crippen molar-refractivity contribution in [3.05, 3.63) is 72.0 Å². The predicted octanol–water partition coefficient (Wildman–Crippen LogP) is 3.76. The van der Waals surface area contributed by atoms with Crippen molar-refractivity contribution in [3.63, 3.8) is 0 Å². The molecule has 0 bridgehead atoms. The molecule has 0 radical (unpaired) electrons. The van der Waals surface area contributed by atoms with E-state index in [1.54, 1.807) is 24.3 Å². The molecule has 168 valence electrons. The van der Waals surface area contributed by atoms with Crippen LogP contribution >= 0.6 is 0 Å². The van der Waals surface area contributed by atoms with E-state index in [1.165, 1.54) is 10.6 Å². The largest absolute Gasteiger partial charge is 0.484 e. The fraction of sp³-hybridized carbons (Fsp3) is 0.250. The summed E-state index contributed by atoms with van der Waals surface area (Å²) in [6, 6.07) is 17.8. The zero-order valence-electron chi connectivity index (χ0n) is 18.0. The van der Waals surface area contributed by atoms with E-state index in [1.807, 2.05) is 37.3 Å². The van der Waals surface area contributed by atoms with E-state index in [0.29, 0.717) is 34.6 Å². The second kappa shape index (κ2) is 8.85. The minimum atomic E-state index is -0.382. The summed E-state index contributed by atoms with van der Waals surface area (Å²) in [6.45, 7) is 2.02. The second-order valence-corrected chi connectivity index (χ2v) is 8.06. The molecule has 1 amide bonds. The third kappa shape index (κ3) is 4.77. The van der Waals surface area contributed by atoms with Crippen molar-refractivity contribution in [3.8, 4) is 17.1 Å². The summed E-state index contributed by atoms with van der Waals surface area (Å²) in [5.74, 6) is 1.10. The Morgan fingerprint density at radius 1 is 1.12 bits per heavy atom. The molecule has 5 rings (SSSR count). The average molecular weight is 446 g/mol. The van der Waals surface area contributed by atoms with Gasteiger partial charge in [0, 0.05) is 6.04 Å². The van der Waals surface area contributed by atoms with Gasteiger partial charge in [-0.2, -0.15) is 4.52 Å². The lowest BCUT2D eigenvalue weighted by atomic mass is 10.1. The van der Waals surface area contributed by atoms with Crippen LogP contribution in [0.15, 0.2) is 60.7 Å². The quantitative estimate of drug-likeness (QED) is 0.428. The number of carbonyl (C=O) groups is 1. The first kappa shape index (κ1) is 20.9. The minimum absolute atomic E-state index is 0.0108. The van der Waals surface area contributed by atoms with Gasteiger partial charge in [0.2, 0.25) is 0 Å². The van der Waals surface area contributed by atoms with E-state index < -0.39 is 0 Å². The highest BCUT2D eigenvalue weighted by molar-refractivity contribution is 5.78. The van der Waals surface area contributed by atoms with Crippen molar-refractivity contribution in [2.75, 3.05) is 11.9 Å². The number of fused-ring (bicyclic) bond motifs is 1. The molecule has 0 saturated heterocycles. The maximum absolute atomic E-state index is 14.2. The van der Waals surface area contributed by atoms with Gasteiger partial charge in [-0.1, -0.05) is 24.3 Å². The SMILES string of the molecule is CC(Nc1ccc2nnc(-c3ccccc3F)n2n1)c1ccc(OCC(=O)NC2CC2)cc1. The molecule has 9 heteroatoms. The molecule has 1 fully saturated rings. The second-order valence-electron chi connectivity index (χ2n) is 8.06. The van der Waals surface area contributed by atoms with Crippen LogP contribution in [0.5, 0.6) is 5.75 Å². The van der Waals surface area contributed by atoms with E-state index in [9.17, 15) is 9.18 Å². The molecule has 2 N–H and O–H groups in total. The molecule has 4 aromatic rings. The van der Waals surface area contributed by atoms with E-state index >= 15 is 0 Å². The van der Waals surface area contributed by atoms with Gasteiger partial charge < -0.3 is 15.4 Å². The van der Waals surface area contributed by atoms with Gasteiger partial charge in [-0.3, -0.25) is 4.79 Å². The van der Waals surface area contributed by atoms with Crippen LogP contribution in [0.2, 0.25) is 0 Å². The van der Waals surface area contributed by atoms with Gasteiger partial charge in [-0.25, -0.2) is 4.39 Å². The van der Waals surface area contributed by atoms with Crippen LogP contribution in [0.25, 0.3) is 17.0 Å². The number of benzene rings is 2. The van der Waals surface area contributed by atoms with Crippen LogP contribution in [0.3, 0.4) is 0 Å². The Morgan fingerprint density at radius 3 is 2.67 bits per heavy atom. The topological polar surface area (TPSA) is 93.4 Å². The lowest BCUT2D eigenvalue weighted by molar-refractivity contribution is -0.123. The zero-order chi connectivity index (χ0) is 22.8. The molecule has 33 heavy (non-hydrogen) atoms. The van der Waals surface area contributed by atoms with E-state index in [4.69, 9.17) is 4.74 Å². The first-order valence-corrected chi connectivity index (χ1v) is 10.8. The Labute approximate surface area is 189 Å². The normalized spacial score (nSPS) is 14.1. The summed E-state index contributed by atoms with van der Waals surface area (Å²) in [4.78, 5) is 11.8. The number of hydrogen-bond donors (Lipinski definition) is 2. The van der Waals surface area contributed by atoms with E-state index in [-0.39, 0.29) is 24.4 Å². The Hall–Kier alpha value is -4.01. The standard InChI is InChI=1S/C24H23FN6O2/c1-15(16-6-10-18(11-7-16)33-14-23(32)27-17-8-9-17)26-21-12-13-22-28-29-24(31(22)30-21)19-4-2-3-5-20(19)25/h2-7,10-13,15,17H,8-9,14H2,1H3,(H,26,30)(H,27,32). The van der Waals surface area contributed by atoms with Crippen LogP contribution < -0.4 is 15.4 Å². The molecule has 1 atom stereocenters. The first-order valence-electron chi connectivity index (χ1n) is 10.8. The average Bonchev–Trinajstić information content (AvgIpc) is 3.54. The molecule has 1 aliphatic carbocycles. The summed E-state index contributed by atoms with van der Waals surface area (Å²) >= 11 is 0. The first-order chi connectivity index (χ1) is 16.1. The van der Waals surface area contributed by atoms with Crippen molar-refractivity contribution in [2.45, 2.75) is 31.8 Å². The fourth-order valence-corrected chi connectivity index (χ4v) is 3.48. The zero-order valence-corrected chi connectivity index (χ0v) is 18.0. The van der Waals surface area contributed by atoms with Gasteiger partial charge in [0.15, 0.2) is 18.1 Å². The van der Waals surface area contributed by atoms with Gasteiger partial charge in [-0.15, -0.1) is 15.3 Å². The number of ether oxygens (including phenoxy) is 1. The molecule has 1 saturated carbocycles. The predicted molar refractivity (Wildman–Crippen MR) is 121 cm³/mol. The lowest BCUT2D eigenvalue weighted by Crippen LogP contribution is -2.30. The summed E-state index contributed by atoms with van der Waals surface area (Å²) in [6.07, 6.45) is 2.10. The molecule has 0 aliphatic heterocycles. The fourth-order valence-electron chi connectivity index (χ4n) is 3.48. The molecule has 1 aliphatic rings. The van der Waals surface area contributed by atoms with Gasteiger partial charge in [0.1, 0.15) is 17.4 Å². The number of amides is 1. The van der Waals surface area contributed by atoms with Crippen LogP contribution in [-0.4, -0.2) is 38.4 Å². The Kier molecular flexibility index (Phi) is 5.60. The monoisotopic (exact) mass is 446 g/mol. The Bertz CT molecular complexity index is 1290. The lowest BCUT2D eigenvalue weighted by Gasteiger charge is -2.16. The molecule has 0 spiro atoms. The van der Waals surface area contributed by atoms with E-state index in [2.05, 4.69) is 25.9 Å². The number of aromatic nitrogens is 4. The molecule has 2 heterocycles. The Balaban J connectivity index is 1.26. The van der Waals surface area contributed by atoms with Gasteiger partial charge in [0.25, 0.3) is 5.91 Å². The minimum Gasteiger partial charge on any atom is -0.484 e. The number of nitrogens with one attached hydrogen (secondary N) is 2. The number of hydrogen-bond acceptors (Lipinski definition) is 6. The summed E-state index contributed by atoms with van der Waals surface area (Å²) in [5, 5.41) is 19.0. The molecular weight excluding hydrogens is 423 g/mol.